The van der Waals surface area contributed by atoms with Crippen molar-refractivity contribution in [2.45, 2.75) is 46.6 Å². The van der Waals surface area contributed by atoms with Gasteiger partial charge < -0.3 is 20.1 Å². The number of ether oxygens (including phenoxy) is 1. The Balaban J connectivity index is 4.70. The quantitative estimate of drug-likeness (QED) is 0.629. The van der Waals surface area contributed by atoms with E-state index in [1.165, 1.54) is 4.90 Å². The Morgan fingerprint density at radius 1 is 1.24 bits per heavy atom. The van der Waals surface area contributed by atoms with E-state index in [0.29, 0.717) is 19.4 Å². The fraction of sp³-hybridized carbons (Fsp3) is 0.786. The van der Waals surface area contributed by atoms with Crippen LogP contribution in [0.5, 0.6) is 0 Å². The van der Waals surface area contributed by atoms with Crippen molar-refractivity contribution in [3.05, 3.63) is 0 Å². The molecule has 0 aliphatic carbocycles. The minimum absolute atomic E-state index is 0.135. The van der Waals surface area contributed by atoms with E-state index in [1.807, 2.05) is 20.8 Å². The van der Waals surface area contributed by atoms with E-state index >= 15 is 0 Å². The lowest BCUT2D eigenvalue weighted by atomic mass is 10.0. The van der Waals surface area contributed by atoms with Gasteiger partial charge >= 0.3 is 18.0 Å². The zero-order valence-corrected chi connectivity index (χ0v) is 13.2. The number of nitrogens with one attached hydrogen (secondary N) is 1. The van der Waals surface area contributed by atoms with E-state index in [9.17, 15) is 14.4 Å². The van der Waals surface area contributed by atoms with Gasteiger partial charge in [0.2, 0.25) is 0 Å². The summed E-state index contributed by atoms with van der Waals surface area (Å²) in [5.41, 5.74) is 0. The van der Waals surface area contributed by atoms with E-state index in [1.54, 1.807) is 6.92 Å². The number of hydrogen-bond donors (Lipinski definition) is 2. The Hall–Kier alpha value is -1.79. The predicted octanol–water partition coefficient (Wildman–Crippen LogP) is 1.47. The summed E-state index contributed by atoms with van der Waals surface area (Å²) in [5, 5.41) is 11.6. The van der Waals surface area contributed by atoms with Crippen LogP contribution in [0.2, 0.25) is 0 Å². The monoisotopic (exact) mass is 302 g/mol. The molecule has 0 radical (unpaired) electrons. The normalized spacial score (nSPS) is 11.9. The molecule has 2 N–H and O–H groups in total. The maximum Gasteiger partial charge on any atom is 0.326 e. The molecule has 0 saturated heterocycles. The summed E-state index contributed by atoms with van der Waals surface area (Å²) < 4.78 is 4.81. The molecule has 21 heavy (non-hydrogen) atoms. The van der Waals surface area contributed by atoms with E-state index in [2.05, 4.69) is 5.32 Å². The number of hydrogen-bond acceptors (Lipinski definition) is 4. The highest BCUT2D eigenvalue weighted by atomic mass is 16.5. The second-order valence-electron chi connectivity index (χ2n) is 5.20. The molecule has 0 aliphatic heterocycles. The van der Waals surface area contributed by atoms with Gasteiger partial charge in [-0.2, -0.15) is 0 Å². The molecular weight excluding hydrogens is 276 g/mol. The van der Waals surface area contributed by atoms with Crippen molar-refractivity contribution >= 4 is 18.0 Å². The first-order valence-corrected chi connectivity index (χ1v) is 7.25. The van der Waals surface area contributed by atoms with Crippen LogP contribution in [0.15, 0.2) is 0 Å². The lowest BCUT2D eigenvalue weighted by molar-refractivity contribution is -0.143. The van der Waals surface area contributed by atoms with Gasteiger partial charge in [0.15, 0.2) is 0 Å². The molecule has 122 valence electrons. The zero-order valence-electron chi connectivity index (χ0n) is 13.2. The molecule has 0 bridgehead atoms. The minimum atomic E-state index is -1.08. The average molecular weight is 302 g/mol. The Bertz CT molecular complexity index is 357. The van der Waals surface area contributed by atoms with Crippen molar-refractivity contribution in [3.8, 4) is 0 Å². The van der Waals surface area contributed by atoms with Crippen molar-refractivity contribution in [1.29, 1.82) is 0 Å². The van der Waals surface area contributed by atoms with Crippen molar-refractivity contribution < 1.29 is 24.2 Å². The molecule has 2 amide bonds. The molecule has 1 atom stereocenters. The number of carboxylic acid groups (broad SMARTS) is 1. The fourth-order valence-electron chi connectivity index (χ4n) is 1.82. The van der Waals surface area contributed by atoms with E-state index in [-0.39, 0.29) is 19.1 Å². The Morgan fingerprint density at radius 2 is 1.86 bits per heavy atom. The summed E-state index contributed by atoms with van der Waals surface area (Å²) in [4.78, 5) is 36.0. The minimum Gasteiger partial charge on any atom is -0.480 e. The zero-order chi connectivity index (χ0) is 16.4. The maximum atomic E-state index is 12.1. The van der Waals surface area contributed by atoms with Crippen molar-refractivity contribution in [3.63, 3.8) is 0 Å². The summed E-state index contributed by atoms with van der Waals surface area (Å²) in [5.74, 6) is -1.45. The summed E-state index contributed by atoms with van der Waals surface area (Å²) in [6.45, 7) is 7.74. The molecule has 1 unspecified atom stereocenters. The second kappa shape index (κ2) is 10.0. The molecule has 0 aromatic rings. The number of urea groups is 1. The number of nitrogens with zero attached hydrogens (tertiary/aromatic N) is 1. The van der Waals surface area contributed by atoms with Gasteiger partial charge in [-0.3, -0.25) is 4.79 Å². The van der Waals surface area contributed by atoms with Crippen LogP contribution in [0.4, 0.5) is 4.79 Å². The molecule has 0 aliphatic rings. The predicted molar refractivity (Wildman–Crippen MR) is 77.9 cm³/mol. The van der Waals surface area contributed by atoms with Crippen LogP contribution >= 0.6 is 0 Å². The second-order valence-corrected chi connectivity index (χ2v) is 5.20. The fourth-order valence-corrected chi connectivity index (χ4v) is 1.82. The number of esters is 1. The summed E-state index contributed by atoms with van der Waals surface area (Å²) in [6.07, 6.45) is 0.995. The molecule has 0 heterocycles. The maximum absolute atomic E-state index is 12.1. The Kier molecular flexibility index (Phi) is 9.16. The third kappa shape index (κ3) is 8.16. The highest BCUT2D eigenvalue weighted by Gasteiger charge is 2.25. The number of amides is 2. The first-order chi connectivity index (χ1) is 9.81. The molecule has 7 heteroatoms. The Labute approximate surface area is 125 Å². The molecule has 0 saturated carbocycles. The standard InChI is InChI=1S/C14H26N2O5/c1-5-7-16(9-12(17)21-6-2)14(20)15-11(13(18)19)8-10(3)4/h10-11H,5-9H2,1-4H3,(H,15,20)(H,18,19). The van der Waals surface area contributed by atoms with E-state index < -0.39 is 24.0 Å². The van der Waals surface area contributed by atoms with Gasteiger partial charge in [-0.25, -0.2) is 9.59 Å². The number of carbonyl (C=O) groups excluding carboxylic acids is 2. The van der Waals surface area contributed by atoms with Gasteiger partial charge in [-0.1, -0.05) is 20.8 Å². The number of carboxylic acids is 1. The average Bonchev–Trinajstić information content (AvgIpc) is 2.36. The molecule has 0 aromatic heterocycles. The summed E-state index contributed by atoms with van der Waals surface area (Å²) >= 11 is 0. The third-order valence-electron chi connectivity index (χ3n) is 2.71. The largest absolute Gasteiger partial charge is 0.480 e. The topological polar surface area (TPSA) is 95.9 Å². The molecule has 0 spiro atoms. The lowest BCUT2D eigenvalue weighted by Crippen LogP contribution is -2.50. The van der Waals surface area contributed by atoms with E-state index in [4.69, 9.17) is 9.84 Å². The van der Waals surface area contributed by atoms with Crippen molar-refractivity contribution in [2.75, 3.05) is 19.7 Å². The smallest absolute Gasteiger partial charge is 0.326 e. The molecular formula is C14H26N2O5. The van der Waals surface area contributed by atoms with Gasteiger partial charge in [-0.05, 0) is 25.7 Å². The summed E-state index contributed by atoms with van der Waals surface area (Å²) in [6, 6.07) is -1.52. The van der Waals surface area contributed by atoms with Crippen LogP contribution in [0, 0.1) is 5.92 Å². The number of carbonyl (C=O) groups is 3. The van der Waals surface area contributed by atoms with Gasteiger partial charge in [0.1, 0.15) is 12.6 Å². The molecule has 7 nitrogen and oxygen atoms in total. The van der Waals surface area contributed by atoms with Crippen LogP contribution in [0.25, 0.3) is 0 Å². The first-order valence-electron chi connectivity index (χ1n) is 7.25. The van der Waals surface area contributed by atoms with Gasteiger partial charge in [0, 0.05) is 6.54 Å². The van der Waals surface area contributed by atoms with E-state index in [0.717, 1.165) is 0 Å². The third-order valence-corrected chi connectivity index (χ3v) is 2.71. The van der Waals surface area contributed by atoms with Crippen LogP contribution in [0.3, 0.4) is 0 Å². The number of rotatable bonds is 9. The van der Waals surface area contributed by atoms with Crippen LogP contribution < -0.4 is 5.32 Å². The molecule has 0 fully saturated rings. The lowest BCUT2D eigenvalue weighted by Gasteiger charge is -2.24. The molecule has 0 rings (SSSR count). The van der Waals surface area contributed by atoms with Crippen LogP contribution in [0.1, 0.15) is 40.5 Å². The van der Waals surface area contributed by atoms with Gasteiger partial charge in [0.05, 0.1) is 6.61 Å². The number of aliphatic carboxylic acids is 1. The van der Waals surface area contributed by atoms with Gasteiger partial charge in [0.25, 0.3) is 0 Å². The van der Waals surface area contributed by atoms with Crippen molar-refractivity contribution in [2.24, 2.45) is 5.92 Å². The van der Waals surface area contributed by atoms with Crippen LogP contribution in [-0.2, 0) is 14.3 Å². The highest BCUT2D eigenvalue weighted by Crippen LogP contribution is 2.06. The molecule has 0 aromatic carbocycles. The first kappa shape index (κ1) is 19.2. The highest BCUT2D eigenvalue weighted by molar-refractivity contribution is 5.85. The van der Waals surface area contributed by atoms with Gasteiger partial charge in [-0.15, -0.1) is 0 Å². The van der Waals surface area contributed by atoms with Crippen LogP contribution in [-0.4, -0.2) is 53.7 Å². The Morgan fingerprint density at radius 3 is 2.29 bits per heavy atom. The van der Waals surface area contributed by atoms with Crippen molar-refractivity contribution in [1.82, 2.24) is 10.2 Å². The SMILES string of the molecule is CCCN(CC(=O)OCC)C(=O)NC(CC(C)C)C(=O)O. The summed E-state index contributed by atoms with van der Waals surface area (Å²) in [7, 11) is 0.